The van der Waals surface area contributed by atoms with Crippen molar-refractivity contribution >= 4 is 11.6 Å². The maximum absolute atomic E-state index is 12.1. The molecule has 3 rings (SSSR count). The summed E-state index contributed by atoms with van der Waals surface area (Å²) < 4.78 is 1.85. The van der Waals surface area contributed by atoms with E-state index in [1.807, 2.05) is 35.9 Å². The minimum absolute atomic E-state index is 0.0571. The van der Waals surface area contributed by atoms with Gasteiger partial charge in [-0.05, 0) is 30.9 Å². The third-order valence-corrected chi connectivity index (χ3v) is 3.68. The molecule has 1 N–H and O–H groups in total. The van der Waals surface area contributed by atoms with Crippen LogP contribution in [0.1, 0.15) is 19.3 Å². The third kappa shape index (κ3) is 3.18. The molecule has 0 radical (unpaired) electrons. The Morgan fingerprint density at radius 2 is 2.38 bits per heavy atom. The minimum Gasteiger partial charge on any atom is -0.326 e. The van der Waals surface area contributed by atoms with Gasteiger partial charge in [0, 0.05) is 24.7 Å². The fraction of sp³-hybridized carbons (Fsp3) is 0.312. The number of nitrogens with zero attached hydrogens (tertiary/aromatic N) is 3. The molecular formula is C16H18N4O. The molecule has 0 fully saturated rings. The molecule has 21 heavy (non-hydrogen) atoms. The molecule has 0 spiro atoms. The molecule has 1 atom stereocenters. The highest BCUT2D eigenvalue weighted by atomic mass is 16.1. The van der Waals surface area contributed by atoms with Gasteiger partial charge < -0.3 is 9.88 Å². The Kier molecular flexibility index (Phi) is 3.81. The summed E-state index contributed by atoms with van der Waals surface area (Å²) in [5.41, 5.74) is 1.73. The number of rotatable bonds is 4. The summed E-state index contributed by atoms with van der Waals surface area (Å²) in [6.45, 7) is 0. The zero-order chi connectivity index (χ0) is 14.7. The van der Waals surface area contributed by atoms with E-state index in [-0.39, 0.29) is 5.91 Å². The first-order valence-corrected chi connectivity index (χ1v) is 7.13. The van der Waals surface area contributed by atoms with Gasteiger partial charge in [-0.3, -0.25) is 4.79 Å². The van der Waals surface area contributed by atoms with E-state index in [1.165, 1.54) is 0 Å². The van der Waals surface area contributed by atoms with Crippen LogP contribution >= 0.6 is 0 Å². The SMILES string of the molecule is Cn1cnnc1-c1cccc(NC(=O)C[C@@H]2C=CCC2)c1. The van der Waals surface area contributed by atoms with Gasteiger partial charge in [0.1, 0.15) is 6.33 Å². The first-order valence-electron chi connectivity index (χ1n) is 7.13. The van der Waals surface area contributed by atoms with Crippen molar-refractivity contribution in [2.75, 3.05) is 5.32 Å². The fourth-order valence-corrected chi connectivity index (χ4v) is 2.60. The number of nitrogens with one attached hydrogen (secondary N) is 1. The van der Waals surface area contributed by atoms with Crippen molar-refractivity contribution in [3.05, 3.63) is 42.7 Å². The van der Waals surface area contributed by atoms with Gasteiger partial charge in [-0.15, -0.1) is 10.2 Å². The largest absolute Gasteiger partial charge is 0.326 e. The first-order chi connectivity index (χ1) is 10.2. The molecule has 1 aliphatic rings. The lowest BCUT2D eigenvalue weighted by Crippen LogP contribution is -2.14. The van der Waals surface area contributed by atoms with Crippen molar-refractivity contribution in [3.8, 4) is 11.4 Å². The number of aromatic nitrogens is 3. The summed E-state index contributed by atoms with van der Waals surface area (Å²) in [5.74, 6) is 1.22. The number of allylic oxidation sites excluding steroid dienone is 2. The summed E-state index contributed by atoms with van der Waals surface area (Å²) in [5, 5.41) is 10.9. The number of carbonyl (C=O) groups excluding carboxylic acids is 1. The molecule has 0 aliphatic heterocycles. The molecule has 1 aliphatic carbocycles. The molecule has 0 saturated heterocycles. The highest BCUT2D eigenvalue weighted by molar-refractivity contribution is 5.91. The second-order valence-corrected chi connectivity index (χ2v) is 5.36. The Bertz CT molecular complexity index is 674. The van der Waals surface area contributed by atoms with Gasteiger partial charge in [0.15, 0.2) is 5.82 Å². The molecule has 0 saturated carbocycles. The third-order valence-electron chi connectivity index (χ3n) is 3.68. The van der Waals surface area contributed by atoms with Gasteiger partial charge in [0.25, 0.3) is 0 Å². The molecule has 1 amide bonds. The minimum atomic E-state index is 0.0571. The summed E-state index contributed by atoms with van der Waals surface area (Å²) >= 11 is 0. The number of carbonyl (C=O) groups is 1. The van der Waals surface area contributed by atoms with Crippen molar-refractivity contribution in [1.82, 2.24) is 14.8 Å². The Labute approximate surface area is 123 Å². The quantitative estimate of drug-likeness (QED) is 0.877. The van der Waals surface area contributed by atoms with Crippen LogP contribution in [0.15, 0.2) is 42.7 Å². The van der Waals surface area contributed by atoms with Gasteiger partial charge in [0.05, 0.1) is 0 Å². The number of hydrogen-bond donors (Lipinski definition) is 1. The standard InChI is InChI=1S/C16H18N4O/c1-20-11-17-19-16(20)13-7-4-8-14(10-13)18-15(21)9-12-5-2-3-6-12/h2,4-5,7-8,10-12H,3,6,9H2,1H3,(H,18,21)/t12-/m1/s1. The predicted molar refractivity (Wildman–Crippen MR) is 81.5 cm³/mol. The lowest BCUT2D eigenvalue weighted by atomic mass is 10.0. The molecular weight excluding hydrogens is 264 g/mol. The summed E-state index contributed by atoms with van der Waals surface area (Å²) in [4.78, 5) is 12.1. The second kappa shape index (κ2) is 5.91. The number of anilines is 1. The monoisotopic (exact) mass is 282 g/mol. The lowest BCUT2D eigenvalue weighted by molar-refractivity contribution is -0.116. The normalized spacial score (nSPS) is 17.1. The summed E-state index contributed by atoms with van der Waals surface area (Å²) in [6.07, 6.45) is 8.64. The van der Waals surface area contributed by atoms with Crippen molar-refractivity contribution < 1.29 is 4.79 Å². The van der Waals surface area contributed by atoms with Crippen LogP contribution in [-0.2, 0) is 11.8 Å². The van der Waals surface area contributed by atoms with Gasteiger partial charge >= 0.3 is 0 Å². The van der Waals surface area contributed by atoms with Gasteiger partial charge in [-0.25, -0.2) is 0 Å². The molecule has 1 aromatic carbocycles. The molecule has 1 aromatic heterocycles. The van der Waals surface area contributed by atoms with Crippen LogP contribution in [0.3, 0.4) is 0 Å². The van der Waals surface area contributed by atoms with Crippen LogP contribution in [0.5, 0.6) is 0 Å². The average molecular weight is 282 g/mol. The first kappa shape index (κ1) is 13.5. The Morgan fingerprint density at radius 1 is 1.48 bits per heavy atom. The zero-order valence-electron chi connectivity index (χ0n) is 12.0. The van der Waals surface area contributed by atoms with Crippen LogP contribution in [-0.4, -0.2) is 20.7 Å². The molecule has 5 nitrogen and oxygen atoms in total. The van der Waals surface area contributed by atoms with E-state index >= 15 is 0 Å². The van der Waals surface area contributed by atoms with E-state index in [0.29, 0.717) is 12.3 Å². The highest BCUT2D eigenvalue weighted by Crippen LogP contribution is 2.23. The Balaban J connectivity index is 1.70. The number of benzene rings is 1. The maximum atomic E-state index is 12.1. The number of hydrogen-bond acceptors (Lipinski definition) is 3. The number of amides is 1. The van der Waals surface area contributed by atoms with Gasteiger partial charge in [-0.2, -0.15) is 0 Å². The van der Waals surface area contributed by atoms with Crippen molar-refractivity contribution in [2.45, 2.75) is 19.3 Å². The molecule has 5 heteroatoms. The zero-order valence-corrected chi connectivity index (χ0v) is 12.0. The van der Waals surface area contributed by atoms with Crippen molar-refractivity contribution in [1.29, 1.82) is 0 Å². The van der Waals surface area contributed by atoms with E-state index in [4.69, 9.17) is 0 Å². The van der Waals surface area contributed by atoms with E-state index in [0.717, 1.165) is 29.9 Å². The van der Waals surface area contributed by atoms with E-state index in [1.54, 1.807) is 6.33 Å². The highest BCUT2D eigenvalue weighted by Gasteiger charge is 2.14. The van der Waals surface area contributed by atoms with Crippen LogP contribution in [0.25, 0.3) is 11.4 Å². The van der Waals surface area contributed by atoms with Crippen molar-refractivity contribution in [3.63, 3.8) is 0 Å². The lowest BCUT2D eigenvalue weighted by Gasteiger charge is -2.09. The summed E-state index contributed by atoms with van der Waals surface area (Å²) in [6, 6.07) is 7.68. The van der Waals surface area contributed by atoms with E-state index in [9.17, 15) is 4.79 Å². The predicted octanol–water partition coefficient (Wildman–Crippen LogP) is 2.78. The Hall–Kier alpha value is -2.43. The van der Waals surface area contributed by atoms with Gasteiger partial charge in [0.2, 0.25) is 5.91 Å². The molecule has 1 heterocycles. The topological polar surface area (TPSA) is 59.8 Å². The maximum Gasteiger partial charge on any atom is 0.224 e. The van der Waals surface area contributed by atoms with Crippen LogP contribution < -0.4 is 5.32 Å². The molecule has 2 aromatic rings. The average Bonchev–Trinajstić information content (AvgIpc) is 3.10. The van der Waals surface area contributed by atoms with E-state index in [2.05, 4.69) is 27.7 Å². The van der Waals surface area contributed by atoms with Gasteiger partial charge in [-0.1, -0.05) is 24.3 Å². The fourth-order valence-electron chi connectivity index (χ4n) is 2.60. The summed E-state index contributed by atoms with van der Waals surface area (Å²) in [7, 11) is 1.90. The molecule has 108 valence electrons. The molecule has 0 unspecified atom stereocenters. The van der Waals surface area contributed by atoms with Crippen molar-refractivity contribution in [2.24, 2.45) is 13.0 Å². The Morgan fingerprint density at radius 3 is 3.10 bits per heavy atom. The second-order valence-electron chi connectivity index (χ2n) is 5.36. The smallest absolute Gasteiger partial charge is 0.224 e. The number of aryl methyl sites for hydroxylation is 1. The molecule has 0 bridgehead atoms. The van der Waals surface area contributed by atoms with Crippen LogP contribution in [0, 0.1) is 5.92 Å². The van der Waals surface area contributed by atoms with E-state index < -0.39 is 0 Å². The van der Waals surface area contributed by atoms with Crippen LogP contribution in [0.4, 0.5) is 5.69 Å². The van der Waals surface area contributed by atoms with Crippen LogP contribution in [0.2, 0.25) is 0 Å².